The molecule has 1 unspecified atom stereocenters. The van der Waals surface area contributed by atoms with Crippen molar-refractivity contribution in [2.75, 3.05) is 47.5 Å². The quantitative estimate of drug-likeness (QED) is 0.0327. The van der Waals surface area contributed by atoms with Crippen molar-refractivity contribution < 1.29 is 35.3 Å². The molecule has 0 heterocycles. The van der Waals surface area contributed by atoms with Crippen LogP contribution in [0.5, 0.6) is 0 Å². The third kappa shape index (κ3) is 23.5. The van der Waals surface area contributed by atoms with Crippen LogP contribution in [0.4, 0.5) is 0 Å². The smallest absolute Gasteiger partial charge is 0.508 e. The number of hydrogen-bond donors (Lipinski definition) is 1. The molecule has 0 aromatic rings. The van der Waals surface area contributed by atoms with Crippen molar-refractivity contribution in [1.82, 2.24) is 0 Å². The van der Waals surface area contributed by atoms with E-state index in [0.717, 1.165) is 6.54 Å². The largest absolute Gasteiger partial charge is 0.726 e. The number of nitrogens with zero attached hydrogens (tertiary/aromatic N) is 1. The number of unbranched alkanes of at least 4 members (excludes halogenated alkanes) is 15. The Morgan fingerprint density at radius 3 is 1.20 bits per heavy atom. The zero-order valence-electron chi connectivity index (χ0n) is 27.4. The predicted octanol–water partition coefficient (Wildman–Crippen LogP) is 8.16. The van der Waals surface area contributed by atoms with Crippen LogP contribution in [0.15, 0.2) is 0 Å². The Morgan fingerprint density at radius 2 is 0.925 bits per heavy atom. The SMILES string of the molecule is CCCCCCCCCCCCCCCCCC[N+](CCC)(CCC)CC(C)[Si](OC)(OC)OC.O=S(=O)([O-])O. The van der Waals surface area contributed by atoms with Crippen molar-refractivity contribution in [2.45, 2.75) is 149 Å². The van der Waals surface area contributed by atoms with Gasteiger partial charge in [-0.1, -0.05) is 118 Å². The first-order chi connectivity index (χ1) is 19.0. The minimum atomic E-state index is -4.92. The topological polar surface area (TPSA) is 105 Å². The van der Waals surface area contributed by atoms with Gasteiger partial charge in [-0.2, -0.15) is 0 Å². The van der Waals surface area contributed by atoms with E-state index in [4.69, 9.17) is 30.8 Å². The van der Waals surface area contributed by atoms with Crippen LogP contribution in [0.3, 0.4) is 0 Å². The molecular weight excluding hydrogens is 546 g/mol. The van der Waals surface area contributed by atoms with Crippen molar-refractivity contribution in [3.05, 3.63) is 0 Å². The highest BCUT2D eigenvalue weighted by Gasteiger charge is 2.48. The van der Waals surface area contributed by atoms with Gasteiger partial charge >= 0.3 is 8.80 Å². The normalized spacial score (nSPS) is 13.2. The summed E-state index contributed by atoms with van der Waals surface area (Å²) < 4.78 is 51.5. The minimum Gasteiger partial charge on any atom is -0.726 e. The Balaban J connectivity index is 0. The molecule has 0 bridgehead atoms. The molecule has 0 aromatic carbocycles. The molecule has 0 aromatic heterocycles. The molecule has 0 aliphatic heterocycles. The third-order valence-corrected chi connectivity index (χ3v) is 11.1. The highest BCUT2D eigenvalue weighted by Crippen LogP contribution is 2.29. The molecule has 8 nitrogen and oxygen atoms in total. The summed E-state index contributed by atoms with van der Waals surface area (Å²) in [6, 6.07) is 0. The molecule has 40 heavy (non-hydrogen) atoms. The number of quaternary nitrogens is 1. The highest BCUT2D eigenvalue weighted by molar-refractivity contribution is 7.79. The van der Waals surface area contributed by atoms with Gasteiger partial charge in [0, 0.05) is 21.3 Å². The molecule has 0 saturated carbocycles. The van der Waals surface area contributed by atoms with E-state index in [1.165, 1.54) is 140 Å². The van der Waals surface area contributed by atoms with Gasteiger partial charge in [-0.15, -0.1) is 0 Å². The van der Waals surface area contributed by atoms with Gasteiger partial charge in [-0.05, 0) is 25.7 Å². The van der Waals surface area contributed by atoms with E-state index in [-0.39, 0.29) is 0 Å². The molecular formula is C30H67NO7SSi. The number of rotatable bonds is 27. The standard InChI is InChI=1S/C30H66NO3Si.H2O4S/c1-8-11-12-13-14-15-16-17-18-19-20-21-22-23-24-25-28-31(26-9-2,27-10-3)29-30(4)35(32-5,33-6)34-7;1-5(2,3)4/h30H,8-29H2,1-7H3;(H2,1,2,3,4)/q+1;/p-1. The molecule has 0 aliphatic carbocycles. The first-order valence-electron chi connectivity index (χ1n) is 16.2. The zero-order chi connectivity index (χ0) is 30.8. The fourth-order valence-corrected chi connectivity index (χ4v) is 8.42. The summed E-state index contributed by atoms with van der Waals surface area (Å²) in [4.78, 5) is 0. The summed E-state index contributed by atoms with van der Waals surface area (Å²) in [5.41, 5.74) is 0.307. The van der Waals surface area contributed by atoms with Crippen LogP contribution in [0.2, 0.25) is 5.54 Å². The van der Waals surface area contributed by atoms with Crippen molar-refractivity contribution in [1.29, 1.82) is 0 Å². The lowest BCUT2D eigenvalue weighted by atomic mass is 10.0. The second-order valence-corrected chi connectivity index (χ2v) is 15.8. The molecule has 1 atom stereocenters. The van der Waals surface area contributed by atoms with Gasteiger partial charge in [0.15, 0.2) is 0 Å². The maximum absolute atomic E-state index is 8.63. The Labute approximate surface area is 250 Å². The van der Waals surface area contributed by atoms with Crippen molar-refractivity contribution >= 4 is 19.2 Å². The lowest BCUT2D eigenvalue weighted by Gasteiger charge is -2.43. The highest BCUT2D eigenvalue weighted by atomic mass is 32.3. The first kappa shape index (κ1) is 42.1. The molecule has 10 heteroatoms. The molecule has 244 valence electrons. The van der Waals surface area contributed by atoms with E-state index in [2.05, 4.69) is 27.7 Å². The van der Waals surface area contributed by atoms with E-state index in [9.17, 15) is 0 Å². The van der Waals surface area contributed by atoms with Crippen LogP contribution in [-0.4, -0.2) is 78.3 Å². The van der Waals surface area contributed by atoms with Gasteiger partial charge in [-0.3, -0.25) is 4.55 Å². The summed E-state index contributed by atoms with van der Waals surface area (Å²) in [6.45, 7) is 14.1. The fraction of sp³-hybridized carbons (Fsp3) is 1.00. The van der Waals surface area contributed by atoms with Gasteiger partial charge in [0.05, 0.1) is 31.7 Å². The van der Waals surface area contributed by atoms with Crippen LogP contribution < -0.4 is 0 Å². The molecule has 0 saturated heterocycles. The lowest BCUT2D eigenvalue weighted by molar-refractivity contribution is -0.928. The summed E-state index contributed by atoms with van der Waals surface area (Å²) in [7, 11) is -2.26. The molecule has 0 radical (unpaired) electrons. The molecule has 0 rings (SSSR count). The van der Waals surface area contributed by atoms with E-state index < -0.39 is 19.2 Å². The average molecular weight is 614 g/mol. The van der Waals surface area contributed by atoms with E-state index in [1.807, 2.05) is 0 Å². The number of hydrogen-bond acceptors (Lipinski definition) is 6. The van der Waals surface area contributed by atoms with Gasteiger partial charge in [-0.25, -0.2) is 8.42 Å². The summed E-state index contributed by atoms with van der Waals surface area (Å²) in [5, 5.41) is 0. The molecule has 0 aliphatic rings. The molecule has 0 spiro atoms. The molecule has 0 fully saturated rings. The summed E-state index contributed by atoms with van der Waals surface area (Å²) in [6.07, 6.45) is 25.3. The predicted molar refractivity (Wildman–Crippen MR) is 168 cm³/mol. The lowest BCUT2D eigenvalue weighted by Crippen LogP contribution is -2.57. The molecule has 0 amide bonds. The van der Waals surface area contributed by atoms with Crippen LogP contribution in [0.1, 0.15) is 143 Å². The maximum atomic E-state index is 8.63. The zero-order valence-corrected chi connectivity index (χ0v) is 29.2. The fourth-order valence-electron chi connectivity index (χ4n) is 6.10. The van der Waals surface area contributed by atoms with Crippen LogP contribution in [0, 0.1) is 0 Å². The second kappa shape index (κ2) is 26.5. The average Bonchev–Trinajstić information content (AvgIpc) is 2.89. The second-order valence-electron chi connectivity index (χ2n) is 11.5. The first-order valence-corrected chi connectivity index (χ1v) is 19.3. The maximum Gasteiger partial charge on any atom is 0.508 e. The van der Waals surface area contributed by atoms with Crippen molar-refractivity contribution in [3.8, 4) is 0 Å². The Hall–Kier alpha value is -0.0731. The molecule has 1 N–H and O–H groups in total. The van der Waals surface area contributed by atoms with Gasteiger partial charge < -0.3 is 22.3 Å². The van der Waals surface area contributed by atoms with E-state index >= 15 is 0 Å². The Bertz CT molecular complexity index is 626. The summed E-state index contributed by atoms with van der Waals surface area (Å²) in [5.74, 6) is 0. The summed E-state index contributed by atoms with van der Waals surface area (Å²) >= 11 is 0. The van der Waals surface area contributed by atoms with Gasteiger partial charge in [0.25, 0.3) is 0 Å². The Morgan fingerprint density at radius 1 is 0.625 bits per heavy atom. The van der Waals surface area contributed by atoms with Crippen LogP contribution in [-0.2, 0) is 23.7 Å². The van der Waals surface area contributed by atoms with E-state index in [0.29, 0.717) is 5.54 Å². The van der Waals surface area contributed by atoms with Crippen molar-refractivity contribution in [3.63, 3.8) is 0 Å². The monoisotopic (exact) mass is 613 g/mol. The Kier molecular flexibility index (Phi) is 27.9. The third-order valence-electron chi connectivity index (χ3n) is 8.00. The van der Waals surface area contributed by atoms with Gasteiger partial charge in [0.1, 0.15) is 0 Å². The van der Waals surface area contributed by atoms with Crippen LogP contribution in [0.25, 0.3) is 0 Å². The van der Waals surface area contributed by atoms with Crippen LogP contribution >= 0.6 is 0 Å². The van der Waals surface area contributed by atoms with E-state index in [1.54, 1.807) is 21.3 Å². The van der Waals surface area contributed by atoms with Crippen molar-refractivity contribution in [2.24, 2.45) is 0 Å². The minimum absolute atomic E-state index is 0.307. The van der Waals surface area contributed by atoms with Gasteiger partial charge in [0.2, 0.25) is 10.4 Å².